The number of nitrogens with zero attached hydrogens (tertiary/aromatic N) is 1. The first kappa shape index (κ1) is 16.3. The SMILES string of the molecule is CN=C(NCC(O)c1ccc(C)o1)NC1CC1C.I. The average Bonchev–Trinajstić information content (AvgIpc) is 2.86. The van der Waals surface area contributed by atoms with Crippen LogP contribution in [0.1, 0.15) is 31.0 Å². The summed E-state index contributed by atoms with van der Waals surface area (Å²) >= 11 is 0. The van der Waals surface area contributed by atoms with Crippen LogP contribution >= 0.6 is 24.0 Å². The summed E-state index contributed by atoms with van der Waals surface area (Å²) in [4.78, 5) is 4.13. The van der Waals surface area contributed by atoms with Gasteiger partial charge in [-0.3, -0.25) is 4.99 Å². The Morgan fingerprint density at radius 3 is 2.74 bits per heavy atom. The third-order valence-corrected chi connectivity index (χ3v) is 3.21. The van der Waals surface area contributed by atoms with Gasteiger partial charge < -0.3 is 20.2 Å². The molecule has 0 radical (unpaired) electrons. The van der Waals surface area contributed by atoms with Gasteiger partial charge in [0.1, 0.15) is 17.6 Å². The maximum Gasteiger partial charge on any atom is 0.191 e. The number of halogens is 1. The number of hydrogen-bond donors (Lipinski definition) is 3. The summed E-state index contributed by atoms with van der Waals surface area (Å²) in [5.41, 5.74) is 0. The monoisotopic (exact) mass is 379 g/mol. The van der Waals surface area contributed by atoms with Crippen molar-refractivity contribution in [3.8, 4) is 0 Å². The molecule has 3 N–H and O–H groups in total. The molecule has 3 atom stereocenters. The lowest BCUT2D eigenvalue weighted by molar-refractivity contribution is 0.151. The van der Waals surface area contributed by atoms with Gasteiger partial charge in [0.2, 0.25) is 0 Å². The fraction of sp³-hybridized carbons (Fsp3) is 0.615. The van der Waals surface area contributed by atoms with Crippen LogP contribution in [0.3, 0.4) is 0 Å². The molecule has 3 unspecified atom stereocenters. The first-order chi connectivity index (χ1) is 8.60. The van der Waals surface area contributed by atoms with E-state index >= 15 is 0 Å². The van der Waals surface area contributed by atoms with Gasteiger partial charge in [0.05, 0.1) is 6.54 Å². The number of rotatable bonds is 4. The van der Waals surface area contributed by atoms with Crippen LogP contribution in [-0.4, -0.2) is 30.7 Å². The van der Waals surface area contributed by atoms with Crippen LogP contribution in [0, 0.1) is 12.8 Å². The zero-order chi connectivity index (χ0) is 13.1. The molecule has 1 aliphatic rings. The first-order valence-corrected chi connectivity index (χ1v) is 6.31. The number of furan rings is 1. The number of aliphatic hydroxyl groups is 1. The molecule has 19 heavy (non-hydrogen) atoms. The normalized spacial score (nSPS) is 23.5. The fourth-order valence-corrected chi connectivity index (χ4v) is 1.82. The molecule has 0 saturated heterocycles. The summed E-state index contributed by atoms with van der Waals surface area (Å²) in [5.74, 6) is 2.82. The lowest BCUT2D eigenvalue weighted by Gasteiger charge is -2.14. The minimum Gasteiger partial charge on any atom is -0.464 e. The Balaban J connectivity index is 0.00000180. The van der Waals surface area contributed by atoms with Crippen LogP contribution in [0.5, 0.6) is 0 Å². The van der Waals surface area contributed by atoms with Crippen molar-refractivity contribution in [1.29, 1.82) is 0 Å². The van der Waals surface area contributed by atoms with E-state index in [4.69, 9.17) is 4.42 Å². The Kier molecular flexibility index (Phi) is 6.12. The van der Waals surface area contributed by atoms with Crippen molar-refractivity contribution in [2.75, 3.05) is 13.6 Å². The molecular formula is C13H22IN3O2. The van der Waals surface area contributed by atoms with Crippen LogP contribution in [0.4, 0.5) is 0 Å². The summed E-state index contributed by atoms with van der Waals surface area (Å²) in [7, 11) is 1.73. The van der Waals surface area contributed by atoms with Gasteiger partial charge in [0, 0.05) is 13.1 Å². The first-order valence-electron chi connectivity index (χ1n) is 6.31. The molecule has 5 nitrogen and oxygen atoms in total. The van der Waals surface area contributed by atoms with E-state index in [0.717, 1.165) is 11.7 Å². The Hall–Kier alpha value is -0.760. The van der Waals surface area contributed by atoms with E-state index in [1.165, 1.54) is 6.42 Å². The minimum absolute atomic E-state index is 0. The number of nitrogens with one attached hydrogen (secondary N) is 2. The molecule has 108 valence electrons. The maximum absolute atomic E-state index is 9.94. The minimum atomic E-state index is -0.658. The van der Waals surface area contributed by atoms with E-state index < -0.39 is 6.10 Å². The highest BCUT2D eigenvalue weighted by molar-refractivity contribution is 14.0. The van der Waals surface area contributed by atoms with E-state index in [1.54, 1.807) is 13.1 Å². The summed E-state index contributed by atoms with van der Waals surface area (Å²) in [5, 5.41) is 16.3. The Bertz CT molecular complexity index is 433. The zero-order valence-electron chi connectivity index (χ0n) is 11.5. The average molecular weight is 379 g/mol. The van der Waals surface area contributed by atoms with Crippen LogP contribution in [0.2, 0.25) is 0 Å². The summed E-state index contributed by atoms with van der Waals surface area (Å²) in [6.45, 7) is 4.44. The Labute approximate surface area is 130 Å². The van der Waals surface area contributed by atoms with Crippen molar-refractivity contribution in [2.24, 2.45) is 10.9 Å². The molecule has 0 bridgehead atoms. The highest BCUT2D eigenvalue weighted by atomic mass is 127. The zero-order valence-corrected chi connectivity index (χ0v) is 13.8. The standard InChI is InChI=1S/C13H21N3O2.HI/c1-8-6-10(8)16-13(14-3)15-7-11(17)12-5-4-9(2)18-12;/h4-5,8,10-11,17H,6-7H2,1-3H3,(H2,14,15,16);1H. The molecule has 0 amide bonds. The molecule has 6 heteroatoms. The number of guanidine groups is 1. The molecule has 0 aliphatic heterocycles. The number of aliphatic hydroxyl groups excluding tert-OH is 1. The van der Waals surface area contributed by atoms with Crippen molar-refractivity contribution >= 4 is 29.9 Å². The van der Waals surface area contributed by atoms with Crippen molar-refractivity contribution in [2.45, 2.75) is 32.4 Å². The van der Waals surface area contributed by atoms with Gasteiger partial charge in [-0.05, 0) is 31.4 Å². The number of hydrogen-bond acceptors (Lipinski definition) is 3. The molecule has 0 spiro atoms. The molecule has 1 heterocycles. The molecule has 2 rings (SSSR count). The quantitative estimate of drug-likeness (QED) is 0.424. The Morgan fingerprint density at radius 2 is 2.26 bits per heavy atom. The predicted octanol–water partition coefficient (Wildman–Crippen LogP) is 1.81. The highest BCUT2D eigenvalue weighted by Crippen LogP contribution is 2.28. The fourth-order valence-electron chi connectivity index (χ4n) is 1.82. The van der Waals surface area contributed by atoms with Gasteiger partial charge in [-0.1, -0.05) is 6.92 Å². The second kappa shape index (κ2) is 7.14. The molecule has 0 aromatic carbocycles. The van der Waals surface area contributed by atoms with Crippen molar-refractivity contribution in [3.63, 3.8) is 0 Å². The largest absolute Gasteiger partial charge is 0.464 e. The molecule has 1 aromatic rings. The maximum atomic E-state index is 9.94. The van der Waals surface area contributed by atoms with Crippen LogP contribution in [0.15, 0.2) is 21.5 Å². The third-order valence-electron chi connectivity index (χ3n) is 3.21. The number of aliphatic imine (C=N–C) groups is 1. The van der Waals surface area contributed by atoms with Gasteiger partial charge >= 0.3 is 0 Å². The summed E-state index contributed by atoms with van der Waals surface area (Å²) in [6.07, 6.45) is 0.523. The second-order valence-corrected chi connectivity index (χ2v) is 4.88. The van der Waals surface area contributed by atoms with E-state index in [2.05, 4.69) is 22.5 Å². The van der Waals surface area contributed by atoms with E-state index in [-0.39, 0.29) is 24.0 Å². The molecule has 1 aliphatic carbocycles. The molecule has 1 saturated carbocycles. The van der Waals surface area contributed by atoms with Crippen LogP contribution < -0.4 is 10.6 Å². The summed E-state index contributed by atoms with van der Waals surface area (Å²) < 4.78 is 5.37. The van der Waals surface area contributed by atoms with Gasteiger partial charge in [0.15, 0.2) is 5.96 Å². The van der Waals surface area contributed by atoms with Crippen molar-refractivity contribution in [3.05, 3.63) is 23.7 Å². The van der Waals surface area contributed by atoms with E-state index in [0.29, 0.717) is 24.3 Å². The van der Waals surface area contributed by atoms with Crippen molar-refractivity contribution in [1.82, 2.24) is 10.6 Å². The van der Waals surface area contributed by atoms with E-state index in [9.17, 15) is 5.11 Å². The third kappa shape index (κ3) is 4.68. The van der Waals surface area contributed by atoms with Crippen LogP contribution in [0.25, 0.3) is 0 Å². The highest BCUT2D eigenvalue weighted by Gasteiger charge is 2.33. The van der Waals surface area contributed by atoms with Crippen LogP contribution in [-0.2, 0) is 0 Å². The second-order valence-electron chi connectivity index (χ2n) is 4.88. The van der Waals surface area contributed by atoms with Crippen molar-refractivity contribution < 1.29 is 9.52 Å². The van der Waals surface area contributed by atoms with Gasteiger partial charge in [-0.15, -0.1) is 24.0 Å². The molecule has 1 fully saturated rings. The topological polar surface area (TPSA) is 69.8 Å². The van der Waals surface area contributed by atoms with Gasteiger partial charge in [0.25, 0.3) is 0 Å². The molecular weight excluding hydrogens is 357 g/mol. The lowest BCUT2D eigenvalue weighted by Crippen LogP contribution is -2.40. The van der Waals surface area contributed by atoms with Gasteiger partial charge in [-0.25, -0.2) is 0 Å². The Morgan fingerprint density at radius 1 is 1.58 bits per heavy atom. The lowest BCUT2D eigenvalue weighted by atomic mass is 10.3. The summed E-state index contributed by atoms with van der Waals surface area (Å²) in [6, 6.07) is 4.15. The van der Waals surface area contributed by atoms with Gasteiger partial charge in [-0.2, -0.15) is 0 Å². The smallest absolute Gasteiger partial charge is 0.191 e. The number of aryl methyl sites for hydroxylation is 1. The van der Waals surface area contributed by atoms with E-state index in [1.807, 2.05) is 13.0 Å². The molecule has 1 aromatic heterocycles. The predicted molar refractivity (Wildman–Crippen MR) is 85.9 cm³/mol.